The molecule has 0 aliphatic rings. The lowest BCUT2D eigenvalue weighted by Crippen LogP contribution is -2.20. The summed E-state index contributed by atoms with van der Waals surface area (Å²) in [6, 6.07) is 5.25. The van der Waals surface area contributed by atoms with Crippen LogP contribution in [0.25, 0.3) is 0 Å². The summed E-state index contributed by atoms with van der Waals surface area (Å²) in [5.74, 6) is 0.215. The van der Waals surface area contributed by atoms with Crippen LogP contribution in [0.3, 0.4) is 0 Å². The highest BCUT2D eigenvalue weighted by Crippen LogP contribution is 2.26. The topological polar surface area (TPSA) is 40.5 Å². The molecular weight excluding hydrogens is 220 g/mol. The molecule has 2 nitrogen and oxygen atoms in total. The molecule has 0 fully saturated rings. The number of hydrogen-bond acceptors (Lipinski definition) is 3. The van der Waals surface area contributed by atoms with Crippen molar-refractivity contribution in [2.75, 3.05) is 5.75 Å². The second-order valence-corrected chi connectivity index (χ2v) is 3.92. The predicted octanol–water partition coefficient (Wildman–Crippen LogP) is 1.97. The summed E-state index contributed by atoms with van der Waals surface area (Å²) in [7, 11) is 0. The van der Waals surface area contributed by atoms with Crippen molar-refractivity contribution in [2.24, 2.45) is 0 Å². The van der Waals surface area contributed by atoms with E-state index < -0.39 is 12.2 Å². The molecule has 78 valence electrons. The van der Waals surface area contributed by atoms with E-state index in [4.69, 9.17) is 11.6 Å². The maximum Gasteiger partial charge on any atom is 0.106 e. The van der Waals surface area contributed by atoms with Crippen molar-refractivity contribution in [3.05, 3.63) is 34.3 Å². The average molecular weight is 233 g/mol. The minimum Gasteiger partial charge on any atom is -0.389 e. The molecule has 0 aliphatic heterocycles. The van der Waals surface area contributed by atoms with Crippen LogP contribution in [0.1, 0.15) is 17.2 Å². The molecule has 1 rings (SSSR count). The van der Waals surface area contributed by atoms with Gasteiger partial charge in [0, 0.05) is 10.8 Å². The summed E-state index contributed by atoms with van der Waals surface area (Å²) in [6.07, 6.45) is -1.79. The number of rotatable bonds is 3. The Labute approximate surface area is 93.9 Å². The minimum atomic E-state index is -0.925. The van der Waals surface area contributed by atoms with Crippen molar-refractivity contribution >= 4 is 24.2 Å². The van der Waals surface area contributed by atoms with E-state index in [1.807, 2.05) is 6.92 Å². The molecule has 0 heterocycles. The van der Waals surface area contributed by atoms with Gasteiger partial charge in [0.15, 0.2) is 0 Å². The van der Waals surface area contributed by atoms with Crippen LogP contribution in [0.15, 0.2) is 18.2 Å². The van der Waals surface area contributed by atoms with Crippen LogP contribution in [-0.2, 0) is 0 Å². The number of benzene rings is 1. The largest absolute Gasteiger partial charge is 0.389 e. The maximum atomic E-state index is 9.74. The number of halogens is 1. The number of thiol groups is 1. The Balaban J connectivity index is 3.01. The van der Waals surface area contributed by atoms with Gasteiger partial charge in [0.25, 0.3) is 0 Å². The monoisotopic (exact) mass is 232 g/mol. The van der Waals surface area contributed by atoms with Crippen molar-refractivity contribution in [3.8, 4) is 0 Å². The third kappa shape index (κ3) is 2.42. The van der Waals surface area contributed by atoms with Gasteiger partial charge in [-0.25, -0.2) is 0 Å². The van der Waals surface area contributed by atoms with Crippen LogP contribution in [0.2, 0.25) is 5.02 Å². The minimum absolute atomic E-state index is 0.215. The number of hydrogen-bond donors (Lipinski definition) is 3. The van der Waals surface area contributed by atoms with Crippen LogP contribution in [0.4, 0.5) is 0 Å². The first-order chi connectivity index (χ1) is 6.57. The summed E-state index contributed by atoms with van der Waals surface area (Å²) >= 11 is 9.82. The second-order valence-electron chi connectivity index (χ2n) is 3.15. The first-order valence-electron chi connectivity index (χ1n) is 4.30. The molecule has 0 aliphatic carbocycles. The summed E-state index contributed by atoms with van der Waals surface area (Å²) in [5.41, 5.74) is 1.45. The van der Waals surface area contributed by atoms with Crippen LogP contribution in [-0.4, -0.2) is 22.1 Å². The van der Waals surface area contributed by atoms with Crippen LogP contribution >= 0.6 is 24.2 Å². The molecule has 1 aromatic carbocycles. The van der Waals surface area contributed by atoms with E-state index in [1.54, 1.807) is 18.2 Å². The van der Waals surface area contributed by atoms with Gasteiger partial charge in [-0.15, -0.1) is 0 Å². The fourth-order valence-electron chi connectivity index (χ4n) is 1.25. The fraction of sp³-hybridized carbons (Fsp3) is 0.400. The second kappa shape index (κ2) is 5.03. The molecule has 2 N–H and O–H groups in total. The van der Waals surface area contributed by atoms with Gasteiger partial charge < -0.3 is 10.2 Å². The summed E-state index contributed by atoms with van der Waals surface area (Å²) in [5, 5.41) is 19.8. The normalized spacial score (nSPS) is 15.2. The molecule has 0 saturated heterocycles. The van der Waals surface area contributed by atoms with Gasteiger partial charge in [-0.1, -0.05) is 23.7 Å². The maximum absolute atomic E-state index is 9.74. The Hall–Kier alpha value is -0.220. The molecule has 0 bridgehead atoms. The van der Waals surface area contributed by atoms with Gasteiger partial charge in [-0.2, -0.15) is 12.6 Å². The Morgan fingerprint density at radius 3 is 2.64 bits per heavy atom. The van der Waals surface area contributed by atoms with E-state index in [9.17, 15) is 10.2 Å². The Morgan fingerprint density at radius 2 is 2.07 bits per heavy atom. The molecule has 0 spiro atoms. The standard InChI is InChI=1S/C10H13ClO2S/c1-6-7(3-2-4-8(6)11)10(13)9(12)5-14/h2-4,9-10,12-14H,5H2,1H3. The van der Waals surface area contributed by atoms with Gasteiger partial charge in [0.05, 0.1) is 6.10 Å². The lowest BCUT2D eigenvalue weighted by molar-refractivity contribution is 0.0334. The van der Waals surface area contributed by atoms with Crippen molar-refractivity contribution in [1.29, 1.82) is 0 Å². The van der Waals surface area contributed by atoms with Crippen molar-refractivity contribution < 1.29 is 10.2 Å². The highest BCUT2D eigenvalue weighted by Gasteiger charge is 2.19. The molecule has 14 heavy (non-hydrogen) atoms. The van der Waals surface area contributed by atoms with Crippen molar-refractivity contribution in [1.82, 2.24) is 0 Å². The summed E-state index contributed by atoms with van der Waals surface area (Å²) < 4.78 is 0. The van der Waals surface area contributed by atoms with Gasteiger partial charge in [0.1, 0.15) is 6.10 Å². The molecule has 1 aromatic rings. The molecule has 0 aromatic heterocycles. The SMILES string of the molecule is Cc1c(Cl)cccc1C(O)C(O)CS. The highest BCUT2D eigenvalue weighted by molar-refractivity contribution is 7.80. The molecule has 0 radical (unpaired) electrons. The fourth-order valence-corrected chi connectivity index (χ4v) is 1.63. The molecule has 0 saturated carbocycles. The van der Waals surface area contributed by atoms with Gasteiger partial charge in [-0.05, 0) is 24.1 Å². The zero-order valence-electron chi connectivity index (χ0n) is 7.81. The quantitative estimate of drug-likeness (QED) is 0.698. The van der Waals surface area contributed by atoms with Gasteiger partial charge in [-0.3, -0.25) is 0 Å². The van der Waals surface area contributed by atoms with E-state index in [2.05, 4.69) is 12.6 Å². The zero-order chi connectivity index (χ0) is 10.7. The lowest BCUT2D eigenvalue weighted by Gasteiger charge is -2.18. The first kappa shape index (κ1) is 11.9. The Bertz CT molecular complexity index is 317. The lowest BCUT2D eigenvalue weighted by atomic mass is 10.0. The van der Waals surface area contributed by atoms with Crippen LogP contribution < -0.4 is 0 Å². The molecule has 0 amide bonds. The first-order valence-corrected chi connectivity index (χ1v) is 5.31. The van der Waals surface area contributed by atoms with E-state index in [0.717, 1.165) is 5.56 Å². The number of aliphatic hydroxyl groups is 2. The van der Waals surface area contributed by atoms with Gasteiger partial charge in [0.2, 0.25) is 0 Å². The van der Waals surface area contributed by atoms with E-state index in [0.29, 0.717) is 10.6 Å². The van der Waals surface area contributed by atoms with E-state index in [-0.39, 0.29) is 5.75 Å². The third-order valence-corrected chi connectivity index (χ3v) is 2.96. The summed E-state index contributed by atoms with van der Waals surface area (Å²) in [6.45, 7) is 1.81. The molecule has 4 heteroatoms. The summed E-state index contributed by atoms with van der Waals surface area (Å²) in [4.78, 5) is 0. The van der Waals surface area contributed by atoms with Crippen LogP contribution in [0, 0.1) is 6.92 Å². The highest BCUT2D eigenvalue weighted by atomic mass is 35.5. The van der Waals surface area contributed by atoms with Crippen molar-refractivity contribution in [2.45, 2.75) is 19.1 Å². The van der Waals surface area contributed by atoms with Crippen LogP contribution in [0.5, 0.6) is 0 Å². The smallest absolute Gasteiger partial charge is 0.106 e. The van der Waals surface area contributed by atoms with E-state index in [1.165, 1.54) is 0 Å². The third-order valence-electron chi connectivity index (χ3n) is 2.18. The average Bonchev–Trinajstić information content (AvgIpc) is 2.20. The number of aliphatic hydroxyl groups excluding tert-OH is 2. The van der Waals surface area contributed by atoms with Gasteiger partial charge >= 0.3 is 0 Å². The molecular formula is C10H13ClO2S. The van der Waals surface area contributed by atoms with Crippen molar-refractivity contribution in [3.63, 3.8) is 0 Å². The molecule has 2 unspecified atom stereocenters. The predicted molar refractivity (Wildman–Crippen MR) is 61.0 cm³/mol. The zero-order valence-corrected chi connectivity index (χ0v) is 9.46. The molecule has 2 atom stereocenters. The van der Waals surface area contributed by atoms with E-state index >= 15 is 0 Å². The Kier molecular flexibility index (Phi) is 4.26. The Morgan fingerprint density at radius 1 is 1.43 bits per heavy atom.